The van der Waals surface area contributed by atoms with Gasteiger partial charge in [-0.1, -0.05) is 39.7 Å². The third-order valence-corrected chi connectivity index (χ3v) is 4.07. The molecule has 22 heavy (non-hydrogen) atoms. The largest absolute Gasteiger partial charge is 0.493 e. The molecule has 0 aliphatic rings. The average molecular weight is 380 g/mol. The standard InChI is InChI=1S/C16H12BrClN2O2/c1-21-13-7-11-12(8-14(13)22-2)19-16(20-15(11)18)9-3-5-10(17)6-4-9/h3-8H,1-2H3. The molecule has 2 aromatic carbocycles. The van der Waals surface area contributed by atoms with Gasteiger partial charge in [0.1, 0.15) is 5.15 Å². The van der Waals surface area contributed by atoms with Crippen molar-refractivity contribution in [2.45, 2.75) is 0 Å². The second-order valence-corrected chi connectivity index (χ2v) is 5.84. The molecule has 6 heteroatoms. The van der Waals surface area contributed by atoms with E-state index in [0.29, 0.717) is 28.0 Å². The highest BCUT2D eigenvalue weighted by Gasteiger charge is 2.13. The number of hydrogen-bond acceptors (Lipinski definition) is 4. The summed E-state index contributed by atoms with van der Waals surface area (Å²) in [6, 6.07) is 11.3. The molecule has 0 atom stereocenters. The van der Waals surface area contributed by atoms with Gasteiger partial charge in [0.2, 0.25) is 0 Å². The van der Waals surface area contributed by atoms with Crippen LogP contribution in [0.2, 0.25) is 5.15 Å². The highest BCUT2D eigenvalue weighted by atomic mass is 79.9. The van der Waals surface area contributed by atoms with Crippen molar-refractivity contribution in [1.29, 1.82) is 0 Å². The molecule has 0 radical (unpaired) electrons. The first-order chi connectivity index (χ1) is 10.6. The Morgan fingerprint density at radius 3 is 2.23 bits per heavy atom. The van der Waals surface area contributed by atoms with Crippen LogP contribution in [-0.4, -0.2) is 24.2 Å². The summed E-state index contributed by atoms with van der Waals surface area (Å²) < 4.78 is 11.6. The minimum atomic E-state index is 0.379. The molecule has 1 aromatic heterocycles. The van der Waals surface area contributed by atoms with Crippen LogP contribution >= 0.6 is 27.5 Å². The second kappa shape index (κ2) is 6.10. The van der Waals surface area contributed by atoms with E-state index in [0.717, 1.165) is 15.4 Å². The topological polar surface area (TPSA) is 44.2 Å². The fraction of sp³-hybridized carbons (Fsp3) is 0.125. The lowest BCUT2D eigenvalue weighted by Gasteiger charge is -2.10. The van der Waals surface area contributed by atoms with Crippen LogP contribution in [0.3, 0.4) is 0 Å². The number of nitrogens with zero attached hydrogens (tertiary/aromatic N) is 2. The summed E-state index contributed by atoms with van der Waals surface area (Å²) in [6.45, 7) is 0. The highest BCUT2D eigenvalue weighted by molar-refractivity contribution is 9.10. The van der Waals surface area contributed by atoms with Gasteiger partial charge in [-0.3, -0.25) is 0 Å². The van der Waals surface area contributed by atoms with E-state index in [-0.39, 0.29) is 0 Å². The molecule has 112 valence electrons. The lowest BCUT2D eigenvalue weighted by Crippen LogP contribution is -1.95. The van der Waals surface area contributed by atoms with Gasteiger partial charge in [-0.25, -0.2) is 9.97 Å². The summed E-state index contributed by atoms with van der Waals surface area (Å²) in [4.78, 5) is 8.95. The molecule has 0 unspecified atom stereocenters. The van der Waals surface area contributed by atoms with Crippen LogP contribution in [-0.2, 0) is 0 Å². The fourth-order valence-electron chi connectivity index (χ4n) is 2.15. The van der Waals surface area contributed by atoms with Gasteiger partial charge in [0, 0.05) is 21.5 Å². The maximum atomic E-state index is 6.31. The molecule has 1 heterocycles. The molecule has 0 N–H and O–H groups in total. The molecule has 3 rings (SSSR count). The van der Waals surface area contributed by atoms with Gasteiger partial charge in [0.25, 0.3) is 0 Å². The van der Waals surface area contributed by atoms with Crippen molar-refractivity contribution < 1.29 is 9.47 Å². The number of fused-ring (bicyclic) bond motifs is 1. The molecule has 0 fully saturated rings. The predicted molar refractivity (Wildman–Crippen MR) is 90.8 cm³/mol. The second-order valence-electron chi connectivity index (χ2n) is 4.57. The van der Waals surface area contributed by atoms with E-state index in [1.54, 1.807) is 26.4 Å². The molecule has 0 amide bonds. The smallest absolute Gasteiger partial charge is 0.162 e. The molecular formula is C16H12BrClN2O2. The van der Waals surface area contributed by atoms with Crippen molar-refractivity contribution >= 4 is 38.4 Å². The Hall–Kier alpha value is -1.85. The predicted octanol–water partition coefficient (Wildman–Crippen LogP) is 4.73. The van der Waals surface area contributed by atoms with Crippen LogP contribution in [0.5, 0.6) is 11.5 Å². The lowest BCUT2D eigenvalue weighted by molar-refractivity contribution is 0.356. The van der Waals surface area contributed by atoms with Gasteiger partial charge in [-0.2, -0.15) is 0 Å². The zero-order valence-electron chi connectivity index (χ0n) is 11.9. The van der Waals surface area contributed by atoms with E-state index in [1.165, 1.54) is 0 Å². The Morgan fingerprint density at radius 1 is 0.955 bits per heavy atom. The molecule has 0 saturated heterocycles. The molecule has 4 nitrogen and oxygen atoms in total. The van der Waals surface area contributed by atoms with E-state index in [9.17, 15) is 0 Å². The van der Waals surface area contributed by atoms with E-state index >= 15 is 0 Å². The SMILES string of the molecule is COc1cc2nc(-c3ccc(Br)cc3)nc(Cl)c2cc1OC. The summed E-state index contributed by atoms with van der Waals surface area (Å²) in [5.41, 5.74) is 1.59. The fourth-order valence-corrected chi connectivity index (χ4v) is 2.64. The van der Waals surface area contributed by atoms with Crippen LogP contribution in [0.25, 0.3) is 22.3 Å². The number of aromatic nitrogens is 2. The summed E-state index contributed by atoms with van der Waals surface area (Å²) in [7, 11) is 3.16. The maximum absolute atomic E-state index is 6.31. The van der Waals surface area contributed by atoms with Crippen LogP contribution < -0.4 is 9.47 Å². The first kappa shape index (κ1) is 15.1. The van der Waals surface area contributed by atoms with Crippen LogP contribution in [0.1, 0.15) is 0 Å². The molecule has 0 bridgehead atoms. The van der Waals surface area contributed by atoms with Crippen molar-refractivity contribution in [3.63, 3.8) is 0 Å². The first-order valence-electron chi connectivity index (χ1n) is 6.47. The summed E-state index contributed by atoms with van der Waals surface area (Å²) >= 11 is 9.72. The molecule has 3 aromatic rings. The van der Waals surface area contributed by atoms with Crippen molar-refractivity contribution in [1.82, 2.24) is 9.97 Å². The van der Waals surface area contributed by atoms with Crippen molar-refractivity contribution in [2.24, 2.45) is 0 Å². The normalized spacial score (nSPS) is 10.7. The zero-order valence-corrected chi connectivity index (χ0v) is 14.3. The molecule has 0 aliphatic carbocycles. The first-order valence-corrected chi connectivity index (χ1v) is 7.64. The van der Waals surface area contributed by atoms with Crippen LogP contribution in [0.15, 0.2) is 40.9 Å². The quantitative estimate of drug-likeness (QED) is 0.617. The number of rotatable bonds is 3. The van der Waals surface area contributed by atoms with Gasteiger partial charge in [-0.15, -0.1) is 0 Å². The number of ether oxygens (including phenoxy) is 2. The van der Waals surface area contributed by atoms with Gasteiger partial charge >= 0.3 is 0 Å². The van der Waals surface area contributed by atoms with Crippen LogP contribution in [0.4, 0.5) is 0 Å². The Bertz CT molecular complexity index is 838. The lowest BCUT2D eigenvalue weighted by atomic mass is 10.2. The number of halogens is 2. The third kappa shape index (κ3) is 2.74. The van der Waals surface area contributed by atoms with E-state index in [4.69, 9.17) is 21.1 Å². The molecule has 0 spiro atoms. The number of benzene rings is 2. The van der Waals surface area contributed by atoms with Gasteiger partial charge in [0.05, 0.1) is 19.7 Å². The minimum Gasteiger partial charge on any atom is -0.493 e. The Kier molecular flexibility index (Phi) is 4.18. The van der Waals surface area contributed by atoms with Gasteiger partial charge in [0.15, 0.2) is 17.3 Å². The Labute approximate surface area is 141 Å². The minimum absolute atomic E-state index is 0.379. The molecule has 0 aliphatic heterocycles. The highest BCUT2D eigenvalue weighted by Crippen LogP contribution is 2.35. The van der Waals surface area contributed by atoms with Crippen molar-refractivity contribution in [2.75, 3.05) is 14.2 Å². The molecule has 0 saturated carbocycles. The van der Waals surface area contributed by atoms with E-state index in [2.05, 4.69) is 25.9 Å². The van der Waals surface area contributed by atoms with Crippen molar-refractivity contribution in [3.05, 3.63) is 46.0 Å². The van der Waals surface area contributed by atoms with E-state index < -0.39 is 0 Å². The van der Waals surface area contributed by atoms with Crippen molar-refractivity contribution in [3.8, 4) is 22.9 Å². The Morgan fingerprint density at radius 2 is 1.59 bits per heavy atom. The average Bonchev–Trinajstić information content (AvgIpc) is 2.54. The van der Waals surface area contributed by atoms with Crippen LogP contribution in [0, 0.1) is 0 Å². The maximum Gasteiger partial charge on any atom is 0.162 e. The van der Waals surface area contributed by atoms with Gasteiger partial charge < -0.3 is 9.47 Å². The monoisotopic (exact) mass is 378 g/mol. The third-order valence-electron chi connectivity index (χ3n) is 3.26. The molecular weight excluding hydrogens is 368 g/mol. The summed E-state index contributed by atoms with van der Waals surface area (Å²) in [5.74, 6) is 1.76. The number of hydrogen-bond donors (Lipinski definition) is 0. The summed E-state index contributed by atoms with van der Waals surface area (Å²) in [6.07, 6.45) is 0. The van der Waals surface area contributed by atoms with Gasteiger partial charge in [-0.05, 0) is 18.2 Å². The Balaban J connectivity index is 2.21. The number of methoxy groups -OCH3 is 2. The zero-order chi connectivity index (χ0) is 15.7. The van der Waals surface area contributed by atoms with E-state index in [1.807, 2.05) is 24.3 Å². The summed E-state index contributed by atoms with van der Waals surface area (Å²) in [5, 5.41) is 1.10.